The Morgan fingerprint density at radius 1 is 1.67 bits per heavy atom. The van der Waals surface area contributed by atoms with Gasteiger partial charge in [-0.15, -0.1) is 11.3 Å². The van der Waals surface area contributed by atoms with Crippen LogP contribution >= 0.6 is 22.9 Å². The van der Waals surface area contributed by atoms with Crippen LogP contribution in [-0.2, 0) is 13.5 Å². The zero-order chi connectivity index (χ0) is 10.8. The van der Waals surface area contributed by atoms with E-state index in [1.807, 2.05) is 5.38 Å². The topological polar surface area (TPSA) is 50.9 Å². The average molecular weight is 244 g/mol. The molecule has 1 N–H and O–H groups in total. The minimum atomic E-state index is -0.611. The summed E-state index contributed by atoms with van der Waals surface area (Å²) in [5.41, 5.74) is 0. The van der Waals surface area contributed by atoms with Crippen molar-refractivity contribution in [1.82, 2.24) is 14.8 Å². The molecule has 1 atom stereocenters. The van der Waals surface area contributed by atoms with Crippen LogP contribution in [0.3, 0.4) is 0 Å². The molecule has 0 fully saturated rings. The van der Waals surface area contributed by atoms with Crippen molar-refractivity contribution in [2.45, 2.75) is 12.5 Å². The van der Waals surface area contributed by atoms with Crippen LogP contribution in [0.25, 0.3) is 0 Å². The lowest BCUT2D eigenvalue weighted by atomic mass is 10.2. The van der Waals surface area contributed by atoms with Gasteiger partial charge in [-0.25, -0.2) is 4.98 Å². The van der Waals surface area contributed by atoms with Crippen molar-refractivity contribution >= 4 is 22.9 Å². The van der Waals surface area contributed by atoms with Gasteiger partial charge in [-0.2, -0.15) is 5.10 Å². The van der Waals surface area contributed by atoms with Crippen LogP contribution in [0.4, 0.5) is 0 Å². The Bertz CT molecular complexity index is 454. The van der Waals surface area contributed by atoms with Crippen molar-refractivity contribution < 1.29 is 5.11 Å². The first-order valence-electron chi connectivity index (χ1n) is 4.42. The fourth-order valence-corrected chi connectivity index (χ4v) is 2.48. The summed E-state index contributed by atoms with van der Waals surface area (Å²) in [6, 6.07) is 1.78. The second-order valence-corrected chi connectivity index (χ2v) is 4.51. The van der Waals surface area contributed by atoms with Crippen molar-refractivity contribution in [2.24, 2.45) is 7.05 Å². The number of hydrogen-bond donors (Lipinski definition) is 1. The van der Waals surface area contributed by atoms with Gasteiger partial charge in [0, 0.05) is 13.5 Å². The molecule has 0 saturated carbocycles. The molecule has 0 spiro atoms. The van der Waals surface area contributed by atoms with E-state index in [4.69, 9.17) is 11.6 Å². The first kappa shape index (κ1) is 10.6. The van der Waals surface area contributed by atoms with Gasteiger partial charge in [-0.05, 0) is 11.4 Å². The average Bonchev–Trinajstić information content (AvgIpc) is 2.76. The van der Waals surface area contributed by atoms with Gasteiger partial charge < -0.3 is 5.11 Å². The van der Waals surface area contributed by atoms with Gasteiger partial charge in [0.25, 0.3) is 0 Å². The predicted molar refractivity (Wildman–Crippen MR) is 59.0 cm³/mol. The predicted octanol–water partition coefficient (Wildman–Crippen LogP) is 1.81. The summed E-state index contributed by atoms with van der Waals surface area (Å²) in [6.45, 7) is 0. The number of aliphatic hydroxyl groups is 1. The second-order valence-electron chi connectivity index (χ2n) is 3.15. The molecule has 2 rings (SSSR count). The number of aliphatic hydroxyl groups excluding tert-OH is 1. The van der Waals surface area contributed by atoms with Crippen molar-refractivity contribution in [3.05, 3.63) is 33.5 Å². The van der Waals surface area contributed by atoms with Crippen LogP contribution < -0.4 is 0 Å². The van der Waals surface area contributed by atoms with Crippen LogP contribution in [0.15, 0.2) is 17.8 Å². The maximum absolute atomic E-state index is 9.93. The van der Waals surface area contributed by atoms with Gasteiger partial charge in [0.1, 0.15) is 12.2 Å². The molecule has 0 aromatic carbocycles. The van der Waals surface area contributed by atoms with E-state index in [1.54, 1.807) is 17.8 Å². The molecule has 2 heterocycles. The van der Waals surface area contributed by atoms with E-state index in [9.17, 15) is 5.11 Å². The third-order valence-electron chi connectivity index (χ3n) is 2.13. The highest BCUT2D eigenvalue weighted by Gasteiger charge is 2.15. The van der Waals surface area contributed by atoms with Crippen molar-refractivity contribution in [3.8, 4) is 0 Å². The van der Waals surface area contributed by atoms with E-state index in [0.29, 0.717) is 11.4 Å². The Balaban J connectivity index is 2.14. The molecule has 0 aliphatic rings. The van der Waals surface area contributed by atoms with E-state index in [0.717, 1.165) is 10.7 Å². The molecular weight excluding hydrogens is 234 g/mol. The number of nitrogens with zero attached hydrogens (tertiary/aromatic N) is 3. The molecule has 0 bridgehead atoms. The van der Waals surface area contributed by atoms with Crippen molar-refractivity contribution in [3.63, 3.8) is 0 Å². The third-order valence-corrected chi connectivity index (χ3v) is 3.59. The highest BCUT2D eigenvalue weighted by Crippen LogP contribution is 2.30. The molecule has 0 saturated heterocycles. The molecule has 15 heavy (non-hydrogen) atoms. The van der Waals surface area contributed by atoms with Gasteiger partial charge in [0.2, 0.25) is 0 Å². The SMILES string of the molecule is Cn1ncnc1CC(O)c1sccc1Cl. The molecule has 0 radical (unpaired) electrons. The molecule has 6 heteroatoms. The number of thiophene rings is 1. The molecule has 2 aromatic heterocycles. The zero-order valence-electron chi connectivity index (χ0n) is 8.09. The standard InChI is InChI=1S/C9H10ClN3OS/c1-13-8(11-5-12-13)4-7(14)9-6(10)2-3-15-9/h2-3,5,7,14H,4H2,1H3. The molecule has 0 aliphatic heterocycles. The van der Waals surface area contributed by atoms with E-state index in [1.165, 1.54) is 17.7 Å². The second kappa shape index (κ2) is 4.30. The van der Waals surface area contributed by atoms with Gasteiger partial charge in [-0.3, -0.25) is 4.68 Å². The fraction of sp³-hybridized carbons (Fsp3) is 0.333. The Hall–Kier alpha value is -0.910. The van der Waals surface area contributed by atoms with E-state index < -0.39 is 6.10 Å². The lowest BCUT2D eigenvalue weighted by molar-refractivity contribution is 0.178. The smallest absolute Gasteiger partial charge is 0.138 e. The summed E-state index contributed by atoms with van der Waals surface area (Å²) < 4.78 is 1.64. The molecule has 2 aromatic rings. The van der Waals surface area contributed by atoms with Gasteiger partial charge in [-0.1, -0.05) is 11.6 Å². The lowest BCUT2D eigenvalue weighted by Crippen LogP contribution is -2.06. The number of aryl methyl sites for hydroxylation is 1. The summed E-state index contributed by atoms with van der Waals surface area (Å²) in [7, 11) is 1.80. The summed E-state index contributed by atoms with van der Waals surface area (Å²) in [5, 5.41) is 16.3. The first-order chi connectivity index (χ1) is 7.18. The first-order valence-corrected chi connectivity index (χ1v) is 5.68. The highest BCUT2D eigenvalue weighted by molar-refractivity contribution is 7.10. The maximum Gasteiger partial charge on any atom is 0.138 e. The Kier molecular flexibility index (Phi) is 3.04. The monoisotopic (exact) mass is 243 g/mol. The molecule has 0 aliphatic carbocycles. The number of rotatable bonds is 3. The summed E-state index contributed by atoms with van der Waals surface area (Å²) in [6.07, 6.45) is 1.29. The molecular formula is C9H10ClN3OS. The Morgan fingerprint density at radius 2 is 2.47 bits per heavy atom. The number of aromatic nitrogens is 3. The van der Waals surface area contributed by atoms with Crippen molar-refractivity contribution in [2.75, 3.05) is 0 Å². The molecule has 80 valence electrons. The minimum absolute atomic E-state index is 0.427. The summed E-state index contributed by atoms with van der Waals surface area (Å²) in [4.78, 5) is 4.83. The fourth-order valence-electron chi connectivity index (χ4n) is 1.31. The van der Waals surface area contributed by atoms with E-state index in [2.05, 4.69) is 10.1 Å². The van der Waals surface area contributed by atoms with Crippen molar-refractivity contribution in [1.29, 1.82) is 0 Å². The van der Waals surface area contributed by atoms with Gasteiger partial charge in [0.15, 0.2) is 0 Å². The van der Waals surface area contributed by atoms with E-state index >= 15 is 0 Å². The highest BCUT2D eigenvalue weighted by atomic mass is 35.5. The molecule has 1 unspecified atom stereocenters. The molecule has 4 nitrogen and oxygen atoms in total. The number of halogens is 1. The van der Waals surface area contributed by atoms with Gasteiger partial charge >= 0.3 is 0 Å². The molecule has 0 amide bonds. The minimum Gasteiger partial charge on any atom is -0.387 e. The third kappa shape index (κ3) is 2.19. The number of hydrogen-bond acceptors (Lipinski definition) is 4. The van der Waals surface area contributed by atoms with Crippen LogP contribution in [0, 0.1) is 0 Å². The Labute approximate surface area is 96.1 Å². The summed E-state index contributed by atoms with van der Waals surface area (Å²) in [5.74, 6) is 0.743. The summed E-state index contributed by atoms with van der Waals surface area (Å²) >= 11 is 7.37. The van der Waals surface area contributed by atoms with Crippen LogP contribution in [-0.4, -0.2) is 19.9 Å². The largest absolute Gasteiger partial charge is 0.387 e. The van der Waals surface area contributed by atoms with E-state index in [-0.39, 0.29) is 0 Å². The Morgan fingerprint density at radius 3 is 3.00 bits per heavy atom. The van der Waals surface area contributed by atoms with Crippen LogP contribution in [0.1, 0.15) is 16.8 Å². The van der Waals surface area contributed by atoms with Gasteiger partial charge in [0.05, 0.1) is 16.0 Å². The maximum atomic E-state index is 9.93. The lowest BCUT2D eigenvalue weighted by Gasteiger charge is -2.08. The van der Waals surface area contributed by atoms with Crippen LogP contribution in [0.2, 0.25) is 5.02 Å². The van der Waals surface area contributed by atoms with Crippen LogP contribution in [0.5, 0.6) is 0 Å². The zero-order valence-corrected chi connectivity index (χ0v) is 9.66. The normalized spacial score (nSPS) is 13.0. The quantitative estimate of drug-likeness (QED) is 0.895.